The average Bonchev–Trinajstić information content (AvgIpc) is 2.41. The topological polar surface area (TPSA) is 21.3 Å². The molecule has 0 spiro atoms. The number of nitrogens with one attached hydrogen (secondary N) is 1. The molecule has 2 heteroatoms. The molecule has 1 N–H and O–H groups in total. The van der Waals surface area contributed by atoms with Crippen molar-refractivity contribution in [1.82, 2.24) is 5.32 Å². The molecule has 0 heterocycles. The Kier molecular flexibility index (Phi) is 4.79. The highest BCUT2D eigenvalue weighted by Crippen LogP contribution is 2.22. The third kappa shape index (κ3) is 3.56. The van der Waals surface area contributed by atoms with Gasteiger partial charge in [0.05, 0.1) is 12.7 Å². The summed E-state index contributed by atoms with van der Waals surface area (Å²) < 4.78 is 6.03. The summed E-state index contributed by atoms with van der Waals surface area (Å²) in [7, 11) is 2.06. The first-order chi connectivity index (χ1) is 8.69. The van der Waals surface area contributed by atoms with Crippen molar-refractivity contribution in [3.8, 4) is 0 Å². The predicted molar refractivity (Wildman–Crippen MR) is 75.8 cm³/mol. The van der Waals surface area contributed by atoms with Crippen LogP contribution in [0.25, 0.3) is 0 Å². The first kappa shape index (κ1) is 13.6. The van der Waals surface area contributed by atoms with Crippen molar-refractivity contribution in [3.05, 3.63) is 34.9 Å². The Balaban J connectivity index is 1.79. The molecule has 1 aromatic carbocycles. The summed E-state index contributed by atoms with van der Waals surface area (Å²) in [5, 5.41) is 3.36. The molecule has 100 valence electrons. The highest BCUT2D eigenvalue weighted by molar-refractivity contribution is 5.29. The fourth-order valence-corrected chi connectivity index (χ4v) is 2.63. The highest BCUT2D eigenvalue weighted by atomic mass is 16.5. The minimum atomic E-state index is 0.455. The molecule has 1 aliphatic carbocycles. The van der Waals surface area contributed by atoms with Crippen LogP contribution in [0.5, 0.6) is 0 Å². The van der Waals surface area contributed by atoms with Crippen LogP contribution in [0.15, 0.2) is 18.2 Å². The number of rotatable bonds is 4. The quantitative estimate of drug-likeness (QED) is 0.881. The summed E-state index contributed by atoms with van der Waals surface area (Å²) in [5.41, 5.74) is 4.01. The van der Waals surface area contributed by atoms with Crippen LogP contribution < -0.4 is 5.32 Å². The zero-order chi connectivity index (χ0) is 13.0. The van der Waals surface area contributed by atoms with Gasteiger partial charge >= 0.3 is 0 Å². The normalized spacial score (nSPS) is 24.2. The van der Waals surface area contributed by atoms with Gasteiger partial charge in [0.1, 0.15) is 0 Å². The van der Waals surface area contributed by atoms with Gasteiger partial charge in [-0.1, -0.05) is 18.2 Å². The van der Waals surface area contributed by atoms with E-state index in [2.05, 4.69) is 44.4 Å². The van der Waals surface area contributed by atoms with Gasteiger partial charge in [-0.15, -0.1) is 0 Å². The third-order valence-electron chi connectivity index (χ3n) is 4.14. The fourth-order valence-electron chi connectivity index (χ4n) is 2.63. The maximum absolute atomic E-state index is 6.03. The van der Waals surface area contributed by atoms with Gasteiger partial charge < -0.3 is 10.1 Å². The van der Waals surface area contributed by atoms with E-state index < -0.39 is 0 Å². The van der Waals surface area contributed by atoms with Crippen LogP contribution in [0.4, 0.5) is 0 Å². The zero-order valence-electron chi connectivity index (χ0n) is 11.8. The predicted octanol–water partition coefficient (Wildman–Crippen LogP) is 3.35. The first-order valence-electron chi connectivity index (χ1n) is 7.04. The lowest BCUT2D eigenvalue weighted by atomic mass is 9.93. The number of aryl methyl sites for hydroxylation is 2. The average molecular weight is 247 g/mol. The summed E-state index contributed by atoms with van der Waals surface area (Å²) >= 11 is 0. The van der Waals surface area contributed by atoms with Crippen molar-refractivity contribution in [2.75, 3.05) is 7.05 Å². The minimum absolute atomic E-state index is 0.455. The third-order valence-corrected chi connectivity index (χ3v) is 4.14. The second-order valence-electron chi connectivity index (χ2n) is 5.49. The molecule has 0 bridgehead atoms. The van der Waals surface area contributed by atoms with Crippen molar-refractivity contribution >= 4 is 0 Å². The van der Waals surface area contributed by atoms with Crippen LogP contribution >= 0.6 is 0 Å². The standard InChI is InChI=1S/C16H25NO/c1-12-4-5-14(10-13(12)2)11-18-16-8-6-15(17-3)7-9-16/h4-5,10,15-17H,6-9,11H2,1-3H3. The van der Waals surface area contributed by atoms with Crippen LogP contribution in [0.2, 0.25) is 0 Å². The van der Waals surface area contributed by atoms with E-state index in [0.29, 0.717) is 12.1 Å². The largest absolute Gasteiger partial charge is 0.374 e. The van der Waals surface area contributed by atoms with Crippen LogP contribution in [-0.4, -0.2) is 19.2 Å². The Bertz CT molecular complexity index is 381. The molecule has 0 aromatic heterocycles. The smallest absolute Gasteiger partial charge is 0.0720 e. The number of ether oxygens (including phenoxy) is 1. The van der Waals surface area contributed by atoms with Gasteiger partial charge in [-0.2, -0.15) is 0 Å². The van der Waals surface area contributed by atoms with Crippen LogP contribution in [0, 0.1) is 13.8 Å². The Morgan fingerprint density at radius 3 is 2.44 bits per heavy atom. The molecule has 18 heavy (non-hydrogen) atoms. The number of benzene rings is 1. The molecule has 0 amide bonds. The molecule has 1 aliphatic rings. The second-order valence-corrected chi connectivity index (χ2v) is 5.49. The lowest BCUT2D eigenvalue weighted by Crippen LogP contribution is -2.32. The first-order valence-corrected chi connectivity index (χ1v) is 7.04. The lowest BCUT2D eigenvalue weighted by Gasteiger charge is -2.28. The summed E-state index contributed by atoms with van der Waals surface area (Å²) in [4.78, 5) is 0. The van der Waals surface area contributed by atoms with Crippen molar-refractivity contribution in [3.63, 3.8) is 0 Å². The zero-order valence-corrected chi connectivity index (χ0v) is 11.8. The van der Waals surface area contributed by atoms with Crippen LogP contribution in [-0.2, 0) is 11.3 Å². The summed E-state index contributed by atoms with van der Waals surface area (Å²) in [5.74, 6) is 0. The van der Waals surface area contributed by atoms with Crippen molar-refractivity contribution in [2.24, 2.45) is 0 Å². The van der Waals surface area contributed by atoms with Crippen LogP contribution in [0.3, 0.4) is 0 Å². The molecule has 2 nitrogen and oxygen atoms in total. The number of hydrogen-bond acceptors (Lipinski definition) is 2. The Morgan fingerprint density at radius 1 is 1.11 bits per heavy atom. The molecule has 0 saturated heterocycles. The van der Waals surface area contributed by atoms with Gasteiger partial charge in [0, 0.05) is 6.04 Å². The van der Waals surface area contributed by atoms with Gasteiger partial charge in [-0.25, -0.2) is 0 Å². The Morgan fingerprint density at radius 2 is 1.83 bits per heavy atom. The molecule has 0 unspecified atom stereocenters. The monoisotopic (exact) mass is 247 g/mol. The van der Waals surface area contributed by atoms with Gasteiger partial charge in [-0.05, 0) is 63.3 Å². The molecule has 0 radical (unpaired) electrons. The SMILES string of the molecule is CNC1CCC(OCc2ccc(C)c(C)c2)CC1. The van der Waals surface area contributed by atoms with Crippen molar-refractivity contribution in [2.45, 2.75) is 58.3 Å². The van der Waals surface area contributed by atoms with E-state index >= 15 is 0 Å². The minimum Gasteiger partial charge on any atom is -0.374 e. The molecule has 2 rings (SSSR count). The van der Waals surface area contributed by atoms with E-state index in [1.807, 2.05) is 0 Å². The molecule has 1 aromatic rings. The van der Waals surface area contributed by atoms with E-state index in [0.717, 1.165) is 6.61 Å². The summed E-state index contributed by atoms with van der Waals surface area (Å²) in [6.45, 7) is 5.08. The van der Waals surface area contributed by atoms with Crippen molar-refractivity contribution in [1.29, 1.82) is 0 Å². The van der Waals surface area contributed by atoms with E-state index in [1.54, 1.807) is 0 Å². The summed E-state index contributed by atoms with van der Waals surface area (Å²) in [6.07, 6.45) is 5.32. The van der Waals surface area contributed by atoms with E-state index in [1.165, 1.54) is 42.4 Å². The fraction of sp³-hybridized carbons (Fsp3) is 0.625. The van der Waals surface area contributed by atoms with Crippen LogP contribution in [0.1, 0.15) is 42.4 Å². The molecular weight excluding hydrogens is 222 g/mol. The molecule has 1 fully saturated rings. The van der Waals surface area contributed by atoms with E-state index in [4.69, 9.17) is 4.74 Å². The maximum atomic E-state index is 6.03. The highest BCUT2D eigenvalue weighted by Gasteiger charge is 2.20. The van der Waals surface area contributed by atoms with Gasteiger partial charge in [0.25, 0.3) is 0 Å². The number of hydrogen-bond donors (Lipinski definition) is 1. The molecule has 1 saturated carbocycles. The maximum Gasteiger partial charge on any atom is 0.0720 e. The molecular formula is C16H25NO. The summed E-state index contributed by atoms with van der Waals surface area (Å²) in [6, 6.07) is 7.31. The van der Waals surface area contributed by atoms with E-state index in [9.17, 15) is 0 Å². The molecule has 0 aliphatic heterocycles. The van der Waals surface area contributed by atoms with Gasteiger partial charge in [0.15, 0.2) is 0 Å². The Labute approximate surface area is 111 Å². The van der Waals surface area contributed by atoms with Gasteiger partial charge in [0.2, 0.25) is 0 Å². The second kappa shape index (κ2) is 6.35. The van der Waals surface area contributed by atoms with E-state index in [-0.39, 0.29) is 0 Å². The molecule has 0 atom stereocenters. The Hall–Kier alpha value is -0.860. The van der Waals surface area contributed by atoms with Crippen molar-refractivity contribution < 1.29 is 4.74 Å². The van der Waals surface area contributed by atoms with Gasteiger partial charge in [-0.3, -0.25) is 0 Å². The lowest BCUT2D eigenvalue weighted by molar-refractivity contribution is 0.0118.